The van der Waals surface area contributed by atoms with Gasteiger partial charge >= 0.3 is 0 Å². The Labute approximate surface area is 174 Å². The molecule has 1 saturated carbocycles. The predicted octanol–water partition coefficient (Wildman–Crippen LogP) is 3.43. The fourth-order valence-electron chi connectivity index (χ4n) is 5.13. The van der Waals surface area contributed by atoms with E-state index in [1.54, 1.807) is 6.07 Å². The Hall–Kier alpha value is -2.51. The van der Waals surface area contributed by atoms with Crippen molar-refractivity contribution in [2.75, 3.05) is 0 Å². The van der Waals surface area contributed by atoms with Crippen LogP contribution in [-0.2, 0) is 6.42 Å². The molecule has 6 nitrogen and oxygen atoms in total. The molecule has 2 heterocycles. The first-order chi connectivity index (χ1) is 14.5. The van der Waals surface area contributed by atoms with E-state index in [1.807, 2.05) is 30.7 Å². The lowest BCUT2D eigenvalue weighted by Crippen LogP contribution is -2.34. The fraction of sp³-hybridized carbons (Fsp3) is 0.478. The second-order valence-corrected chi connectivity index (χ2v) is 8.59. The molecular formula is C23H26FN3O3. The van der Waals surface area contributed by atoms with Crippen molar-refractivity contribution in [1.82, 2.24) is 14.5 Å². The highest BCUT2D eigenvalue weighted by atomic mass is 19.1. The molecule has 2 aromatic heterocycles. The van der Waals surface area contributed by atoms with Gasteiger partial charge in [-0.2, -0.15) is 0 Å². The van der Waals surface area contributed by atoms with Crippen LogP contribution in [0.2, 0.25) is 0 Å². The second kappa shape index (κ2) is 7.32. The lowest BCUT2D eigenvalue weighted by Gasteiger charge is -2.27. The van der Waals surface area contributed by atoms with Crippen molar-refractivity contribution >= 4 is 11.0 Å². The van der Waals surface area contributed by atoms with Crippen LogP contribution >= 0.6 is 0 Å². The lowest BCUT2D eigenvalue weighted by atomic mass is 9.83. The minimum absolute atomic E-state index is 0.151. The van der Waals surface area contributed by atoms with Crippen LogP contribution in [0.5, 0.6) is 5.75 Å². The Bertz CT molecular complexity index is 1100. The van der Waals surface area contributed by atoms with E-state index in [-0.39, 0.29) is 17.8 Å². The molecule has 0 amide bonds. The number of aliphatic hydroxyl groups excluding tert-OH is 2. The van der Waals surface area contributed by atoms with Crippen LogP contribution in [0.15, 0.2) is 30.7 Å². The van der Waals surface area contributed by atoms with Crippen LogP contribution in [0, 0.1) is 12.7 Å². The molecule has 0 unspecified atom stereocenters. The van der Waals surface area contributed by atoms with E-state index in [1.165, 1.54) is 12.4 Å². The van der Waals surface area contributed by atoms with Gasteiger partial charge in [-0.1, -0.05) is 6.92 Å². The molecule has 3 aromatic rings. The molecule has 2 aliphatic rings. The van der Waals surface area contributed by atoms with E-state index in [0.29, 0.717) is 12.2 Å². The van der Waals surface area contributed by atoms with Crippen molar-refractivity contribution in [3.8, 4) is 5.75 Å². The molecule has 7 heteroatoms. The topological polar surface area (TPSA) is 80.4 Å². The van der Waals surface area contributed by atoms with Crippen LogP contribution in [0.25, 0.3) is 11.0 Å². The average molecular weight is 411 g/mol. The van der Waals surface area contributed by atoms with Crippen molar-refractivity contribution in [3.63, 3.8) is 0 Å². The maximum absolute atomic E-state index is 14.4. The summed E-state index contributed by atoms with van der Waals surface area (Å²) >= 11 is 0. The molecule has 0 bridgehead atoms. The summed E-state index contributed by atoms with van der Waals surface area (Å²) in [5.74, 6) is 0.576. The average Bonchev–Trinajstić information content (AvgIpc) is 3.27. The molecular weight excluding hydrogens is 385 g/mol. The summed E-state index contributed by atoms with van der Waals surface area (Å²) in [5, 5.41) is 22.4. The van der Waals surface area contributed by atoms with Crippen LogP contribution in [0.3, 0.4) is 0 Å². The molecule has 0 spiro atoms. The highest BCUT2D eigenvalue weighted by molar-refractivity contribution is 5.78. The molecule has 5 rings (SSSR count). The first kappa shape index (κ1) is 19.5. The van der Waals surface area contributed by atoms with Crippen molar-refractivity contribution in [2.45, 2.75) is 69.8 Å². The van der Waals surface area contributed by atoms with E-state index >= 15 is 0 Å². The van der Waals surface area contributed by atoms with Gasteiger partial charge in [0.2, 0.25) is 0 Å². The Balaban J connectivity index is 1.45. The summed E-state index contributed by atoms with van der Waals surface area (Å²) in [5.41, 5.74) is 3.22. The van der Waals surface area contributed by atoms with Gasteiger partial charge in [-0.05, 0) is 55.9 Å². The largest absolute Gasteiger partial charge is 0.487 e. The Kier molecular flexibility index (Phi) is 4.75. The van der Waals surface area contributed by atoms with Crippen molar-refractivity contribution < 1.29 is 19.3 Å². The van der Waals surface area contributed by atoms with Crippen molar-refractivity contribution in [2.24, 2.45) is 0 Å². The lowest BCUT2D eigenvalue weighted by molar-refractivity contribution is -0.0166. The van der Waals surface area contributed by atoms with Gasteiger partial charge in [0.15, 0.2) is 0 Å². The zero-order valence-corrected chi connectivity index (χ0v) is 17.1. The molecule has 1 fully saturated rings. The quantitative estimate of drug-likeness (QED) is 0.690. The summed E-state index contributed by atoms with van der Waals surface area (Å²) in [6.45, 7) is 3.95. The molecule has 5 atom stereocenters. The molecule has 2 aliphatic carbocycles. The molecule has 1 aromatic carbocycles. The number of benzene rings is 1. The smallest absolute Gasteiger partial charge is 0.143 e. The first-order valence-corrected chi connectivity index (χ1v) is 10.6. The number of ether oxygens (including phenoxy) is 1. The highest BCUT2D eigenvalue weighted by Crippen LogP contribution is 2.41. The molecule has 0 saturated heterocycles. The number of rotatable bonds is 3. The SMILES string of the molecule is Cc1ncnc2c1ccn2[C@@H]1C[C@H](Oc2ccc(F)c3c2CCC[C@H]3C)[C@@H](O)[C@H]1O. The van der Waals surface area contributed by atoms with Crippen LogP contribution in [0.4, 0.5) is 4.39 Å². The van der Waals surface area contributed by atoms with E-state index in [4.69, 9.17) is 4.74 Å². The fourth-order valence-corrected chi connectivity index (χ4v) is 5.13. The molecule has 30 heavy (non-hydrogen) atoms. The zero-order chi connectivity index (χ0) is 21.0. The zero-order valence-electron chi connectivity index (χ0n) is 17.1. The molecule has 2 N–H and O–H groups in total. The Morgan fingerprint density at radius 2 is 2.00 bits per heavy atom. The summed E-state index contributed by atoms with van der Waals surface area (Å²) in [6.07, 6.45) is 3.90. The second-order valence-electron chi connectivity index (χ2n) is 8.59. The van der Waals surface area contributed by atoms with Crippen molar-refractivity contribution in [1.29, 1.82) is 0 Å². The normalized spacial score (nSPS) is 28.6. The van der Waals surface area contributed by atoms with Gasteiger partial charge in [0.1, 0.15) is 41.9 Å². The summed E-state index contributed by atoms with van der Waals surface area (Å²) < 4.78 is 22.5. The number of aryl methyl sites for hydroxylation is 1. The van der Waals surface area contributed by atoms with Crippen LogP contribution in [-0.4, -0.2) is 43.1 Å². The number of hydrogen-bond acceptors (Lipinski definition) is 5. The van der Waals surface area contributed by atoms with E-state index < -0.39 is 18.3 Å². The Morgan fingerprint density at radius 1 is 1.17 bits per heavy atom. The third-order valence-corrected chi connectivity index (χ3v) is 6.76. The van der Waals surface area contributed by atoms with Crippen LogP contribution in [0.1, 0.15) is 55.0 Å². The monoisotopic (exact) mass is 411 g/mol. The predicted molar refractivity (Wildman–Crippen MR) is 110 cm³/mol. The van der Waals surface area contributed by atoms with Gasteiger partial charge < -0.3 is 19.5 Å². The maximum atomic E-state index is 14.4. The van der Waals surface area contributed by atoms with E-state index in [0.717, 1.165) is 47.1 Å². The number of aromatic nitrogens is 3. The van der Waals surface area contributed by atoms with E-state index in [9.17, 15) is 14.6 Å². The number of nitrogens with zero attached hydrogens (tertiary/aromatic N) is 3. The minimum atomic E-state index is -1.04. The third kappa shape index (κ3) is 2.99. The molecule has 158 valence electrons. The minimum Gasteiger partial charge on any atom is -0.487 e. The summed E-state index contributed by atoms with van der Waals surface area (Å²) in [6, 6.07) is 4.66. The maximum Gasteiger partial charge on any atom is 0.143 e. The number of aliphatic hydroxyl groups is 2. The number of halogens is 1. The van der Waals surface area contributed by atoms with Gasteiger partial charge in [0.25, 0.3) is 0 Å². The van der Waals surface area contributed by atoms with Gasteiger partial charge in [0, 0.05) is 23.6 Å². The van der Waals surface area contributed by atoms with Gasteiger partial charge in [0.05, 0.1) is 11.7 Å². The molecule has 0 radical (unpaired) electrons. The summed E-state index contributed by atoms with van der Waals surface area (Å²) in [7, 11) is 0. The first-order valence-electron chi connectivity index (χ1n) is 10.6. The van der Waals surface area contributed by atoms with Gasteiger partial charge in [-0.3, -0.25) is 0 Å². The van der Waals surface area contributed by atoms with Gasteiger partial charge in [-0.25, -0.2) is 14.4 Å². The number of hydrogen-bond donors (Lipinski definition) is 2. The van der Waals surface area contributed by atoms with Crippen molar-refractivity contribution in [3.05, 3.63) is 53.4 Å². The van der Waals surface area contributed by atoms with Gasteiger partial charge in [-0.15, -0.1) is 0 Å². The number of fused-ring (bicyclic) bond motifs is 2. The standard InChI is InChI=1S/C23H26FN3O3/c1-12-4-3-5-15-18(7-6-16(24)20(12)15)30-19-10-17(21(28)22(19)29)27-9-8-14-13(2)25-11-26-23(14)27/h6-9,11-12,17,19,21-22,28-29H,3-5,10H2,1-2H3/t12-,17-,19+,21+,22-/m1/s1. The molecule has 0 aliphatic heterocycles. The van der Waals surface area contributed by atoms with Crippen LogP contribution < -0.4 is 4.74 Å². The summed E-state index contributed by atoms with van der Waals surface area (Å²) in [4.78, 5) is 8.58. The third-order valence-electron chi connectivity index (χ3n) is 6.76. The van der Waals surface area contributed by atoms with E-state index in [2.05, 4.69) is 9.97 Å². The highest BCUT2D eigenvalue weighted by Gasteiger charge is 2.44. The Morgan fingerprint density at radius 3 is 2.83 bits per heavy atom.